The lowest BCUT2D eigenvalue weighted by Crippen LogP contribution is -2.29. The molecule has 2 heterocycles. The Morgan fingerprint density at radius 2 is 2.11 bits per heavy atom. The Kier molecular flexibility index (Phi) is 5.56. The van der Waals surface area contributed by atoms with Crippen molar-refractivity contribution in [3.63, 3.8) is 0 Å². The first kappa shape index (κ1) is 20.8. The number of hydrogen-bond acceptors (Lipinski definition) is 4. The number of aromatic nitrogens is 2. The highest BCUT2D eigenvalue weighted by molar-refractivity contribution is 7.13. The van der Waals surface area contributed by atoms with Crippen molar-refractivity contribution in [2.45, 2.75) is 65.6 Å². The number of ether oxygens (including phenoxy) is 1. The van der Waals surface area contributed by atoms with Crippen LogP contribution in [0.5, 0.6) is 0 Å². The molecule has 0 saturated carbocycles. The number of allylic oxidation sites excluding steroid dienone is 2. The van der Waals surface area contributed by atoms with E-state index in [0.29, 0.717) is 5.69 Å². The number of rotatable bonds is 5. The van der Waals surface area contributed by atoms with Crippen molar-refractivity contribution in [1.82, 2.24) is 9.78 Å². The third-order valence-corrected chi connectivity index (χ3v) is 5.96. The van der Waals surface area contributed by atoms with Crippen molar-refractivity contribution in [3.8, 4) is 10.6 Å². The quantitative estimate of drug-likeness (QED) is 0.698. The molecule has 1 aliphatic carbocycles. The van der Waals surface area contributed by atoms with E-state index in [1.807, 2.05) is 45.3 Å². The van der Waals surface area contributed by atoms with E-state index in [0.717, 1.165) is 35.4 Å². The van der Waals surface area contributed by atoms with Crippen LogP contribution in [0.2, 0.25) is 0 Å². The van der Waals surface area contributed by atoms with E-state index in [4.69, 9.17) is 9.84 Å². The standard InChI is InChI=1S/C22H30N2O3S/c1-21(2,3)27-19(20(25)26)18-16(14-9-11-22(4,5)12-10-14)17(23-24(18)6)15-8-7-13-28-15/h7-9,13,19H,10-12H2,1-6H3,(H,25,26). The van der Waals surface area contributed by atoms with Gasteiger partial charge in [-0.1, -0.05) is 26.0 Å². The molecule has 1 N–H and O–H groups in total. The maximum atomic E-state index is 12.2. The van der Waals surface area contributed by atoms with Gasteiger partial charge in [-0.15, -0.1) is 11.3 Å². The number of hydrogen-bond donors (Lipinski definition) is 1. The van der Waals surface area contributed by atoms with Gasteiger partial charge in [-0.25, -0.2) is 4.79 Å². The highest BCUT2D eigenvalue weighted by atomic mass is 32.1. The molecule has 0 radical (unpaired) electrons. The largest absolute Gasteiger partial charge is 0.479 e. The SMILES string of the molecule is Cn1nc(-c2cccs2)c(C2=CCC(C)(C)CC2)c1C(OC(C)(C)C)C(=O)O. The summed E-state index contributed by atoms with van der Waals surface area (Å²) >= 11 is 1.62. The van der Waals surface area contributed by atoms with Crippen LogP contribution in [0.15, 0.2) is 23.6 Å². The lowest BCUT2D eigenvalue weighted by Gasteiger charge is -2.30. The van der Waals surface area contributed by atoms with Gasteiger partial charge in [0.2, 0.25) is 0 Å². The second-order valence-corrected chi connectivity index (χ2v) is 10.2. The lowest BCUT2D eigenvalue weighted by molar-refractivity contribution is -0.161. The number of aryl methyl sites for hydroxylation is 1. The Labute approximate surface area is 171 Å². The van der Waals surface area contributed by atoms with Gasteiger partial charge in [-0.05, 0) is 62.5 Å². The zero-order chi connectivity index (χ0) is 20.7. The number of carboxylic acids is 1. The molecule has 152 valence electrons. The fourth-order valence-electron chi connectivity index (χ4n) is 3.62. The van der Waals surface area contributed by atoms with Crippen molar-refractivity contribution in [2.24, 2.45) is 12.5 Å². The average molecular weight is 403 g/mol. The van der Waals surface area contributed by atoms with E-state index in [1.54, 1.807) is 16.0 Å². The molecule has 2 aromatic heterocycles. The summed E-state index contributed by atoms with van der Waals surface area (Å²) in [5, 5.41) is 16.7. The number of nitrogens with zero attached hydrogens (tertiary/aromatic N) is 2. The molecule has 2 aromatic rings. The van der Waals surface area contributed by atoms with E-state index in [-0.39, 0.29) is 5.41 Å². The van der Waals surface area contributed by atoms with Crippen LogP contribution >= 0.6 is 11.3 Å². The molecule has 3 rings (SSSR count). The topological polar surface area (TPSA) is 64.4 Å². The van der Waals surface area contributed by atoms with Crippen LogP contribution in [0.4, 0.5) is 0 Å². The van der Waals surface area contributed by atoms with E-state index in [9.17, 15) is 9.90 Å². The number of thiophene rings is 1. The predicted octanol–water partition coefficient (Wildman–Crippen LogP) is 5.68. The average Bonchev–Trinajstić information content (AvgIpc) is 3.19. The van der Waals surface area contributed by atoms with Crippen LogP contribution in [-0.4, -0.2) is 26.5 Å². The van der Waals surface area contributed by atoms with E-state index in [2.05, 4.69) is 19.9 Å². The molecule has 6 heteroatoms. The minimum absolute atomic E-state index is 0.267. The summed E-state index contributed by atoms with van der Waals surface area (Å²) in [6.07, 6.45) is 4.13. The summed E-state index contributed by atoms with van der Waals surface area (Å²) in [7, 11) is 1.81. The third kappa shape index (κ3) is 4.39. The van der Waals surface area contributed by atoms with Crippen LogP contribution in [-0.2, 0) is 16.6 Å². The molecule has 0 saturated heterocycles. The van der Waals surface area contributed by atoms with Crippen LogP contribution in [0.1, 0.15) is 71.2 Å². The molecule has 0 aromatic carbocycles. The molecular weight excluding hydrogens is 372 g/mol. The van der Waals surface area contributed by atoms with Crippen LogP contribution in [0.3, 0.4) is 0 Å². The second-order valence-electron chi connectivity index (χ2n) is 9.26. The zero-order valence-corrected chi connectivity index (χ0v) is 18.4. The van der Waals surface area contributed by atoms with Crippen molar-refractivity contribution in [2.75, 3.05) is 0 Å². The smallest absolute Gasteiger partial charge is 0.339 e. The third-order valence-electron chi connectivity index (χ3n) is 5.08. The number of carboxylic acid groups (broad SMARTS) is 1. The Hall–Kier alpha value is -1.92. The summed E-state index contributed by atoms with van der Waals surface area (Å²) in [5.74, 6) is -0.992. The van der Waals surface area contributed by atoms with Gasteiger partial charge in [0.1, 0.15) is 5.69 Å². The van der Waals surface area contributed by atoms with Gasteiger partial charge in [0.05, 0.1) is 16.2 Å². The van der Waals surface area contributed by atoms with Crippen molar-refractivity contribution in [1.29, 1.82) is 0 Å². The molecule has 5 nitrogen and oxygen atoms in total. The minimum Gasteiger partial charge on any atom is -0.479 e. The molecule has 0 fully saturated rings. The molecule has 1 aliphatic rings. The first-order valence-corrected chi connectivity index (χ1v) is 10.6. The van der Waals surface area contributed by atoms with Gasteiger partial charge in [0.25, 0.3) is 0 Å². The molecule has 1 unspecified atom stereocenters. The minimum atomic E-state index is -1.07. The van der Waals surface area contributed by atoms with Gasteiger partial charge in [-0.3, -0.25) is 4.68 Å². The van der Waals surface area contributed by atoms with Crippen LogP contribution in [0.25, 0.3) is 16.1 Å². The van der Waals surface area contributed by atoms with Gasteiger partial charge in [-0.2, -0.15) is 5.10 Å². The zero-order valence-electron chi connectivity index (χ0n) is 17.6. The fourth-order valence-corrected chi connectivity index (χ4v) is 4.34. The van der Waals surface area contributed by atoms with Gasteiger partial charge in [0.15, 0.2) is 6.10 Å². The van der Waals surface area contributed by atoms with Crippen molar-refractivity contribution in [3.05, 3.63) is 34.8 Å². The Morgan fingerprint density at radius 3 is 2.61 bits per heavy atom. The Bertz CT molecular complexity index is 886. The van der Waals surface area contributed by atoms with Gasteiger partial charge < -0.3 is 9.84 Å². The normalized spacial score (nSPS) is 18.0. The summed E-state index contributed by atoms with van der Waals surface area (Å²) in [5.41, 5.74) is 3.25. The molecule has 28 heavy (non-hydrogen) atoms. The summed E-state index contributed by atoms with van der Waals surface area (Å²) in [6.45, 7) is 10.2. The van der Waals surface area contributed by atoms with E-state index < -0.39 is 17.7 Å². The van der Waals surface area contributed by atoms with Crippen molar-refractivity contribution >= 4 is 22.9 Å². The Balaban J connectivity index is 2.19. The monoisotopic (exact) mass is 402 g/mol. The molecule has 0 amide bonds. The number of aliphatic carboxylic acids is 1. The van der Waals surface area contributed by atoms with Gasteiger partial charge in [0, 0.05) is 12.6 Å². The summed E-state index contributed by atoms with van der Waals surface area (Å²) < 4.78 is 7.68. The highest BCUT2D eigenvalue weighted by Crippen LogP contribution is 2.44. The first-order chi connectivity index (χ1) is 13.0. The lowest BCUT2D eigenvalue weighted by atomic mass is 9.76. The molecule has 0 spiro atoms. The second kappa shape index (κ2) is 7.48. The summed E-state index contributed by atoms with van der Waals surface area (Å²) in [4.78, 5) is 13.2. The van der Waals surface area contributed by atoms with Crippen LogP contribution < -0.4 is 0 Å². The van der Waals surface area contributed by atoms with Crippen molar-refractivity contribution < 1.29 is 14.6 Å². The van der Waals surface area contributed by atoms with Crippen LogP contribution in [0, 0.1) is 5.41 Å². The maximum Gasteiger partial charge on any atom is 0.339 e. The summed E-state index contributed by atoms with van der Waals surface area (Å²) in [6, 6.07) is 4.03. The molecule has 0 aliphatic heterocycles. The molecule has 0 bridgehead atoms. The van der Waals surface area contributed by atoms with Gasteiger partial charge >= 0.3 is 5.97 Å². The fraction of sp³-hybridized carbons (Fsp3) is 0.545. The predicted molar refractivity (Wildman–Crippen MR) is 113 cm³/mol. The Morgan fingerprint density at radius 1 is 1.39 bits per heavy atom. The molecular formula is C22H30N2O3S. The maximum absolute atomic E-state index is 12.2. The van der Waals surface area contributed by atoms with E-state index in [1.165, 1.54) is 5.57 Å². The molecule has 1 atom stereocenters. The van der Waals surface area contributed by atoms with E-state index >= 15 is 0 Å². The number of carbonyl (C=O) groups is 1. The first-order valence-electron chi connectivity index (χ1n) is 9.69. The highest BCUT2D eigenvalue weighted by Gasteiger charge is 2.36.